The van der Waals surface area contributed by atoms with Crippen molar-refractivity contribution in [3.05, 3.63) is 135 Å². The molecule has 5 heterocycles. The molecule has 0 unspecified atom stereocenters. The number of carbonyl (C=O) groups excluding carboxylic acids is 1. The average molecular weight is 836 g/mol. The first-order chi connectivity index (χ1) is 29.1. The summed E-state index contributed by atoms with van der Waals surface area (Å²) in [4.78, 5) is 23.6. The second-order valence-corrected chi connectivity index (χ2v) is 18.6. The number of benzene rings is 4. The fourth-order valence-electron chi connectivity index (χ4n) is 9.08. The number of hydrogen-bond donors (Lipinski definition) is 2. The zero-order chi connectivity index (χ0) is 41.1. The van der Waals surface area contributed by atoms with Crippen LogP contribution < -0.4 is 9.47 Å². The molecule has 1 aliphatic carbocycles. The zero-order valence-corrected chi connectivity index (χ0v) is 35.4. The van der Waals surface area contributed by atoms with Gasteiger partial charge in [0.25, 0.3) is 0 Å². The highest BCUT2D eigenvalue weighted by Crippen LogP contribution is 2.50. The van der Waals surface area contributed by atoms with Gasteiger partial charge in [0, 0.05) is 48.6 Å². The highest BCUT2D eigenvalue weighted by Gasteiger charge is 2.47. The third-order valence-corrected chi connectivity index (χ3v) is 15.0. The minimum atomic E-state index is -0.100. The summed E-state index contributed by atoms with van der Waals surface area (Å²) in [5.74, 6) is 3.61. The van der Waals surface area contributed by atoms with Gasteiger partial charge in [-0.05, 0) is 167 Å². The smallest absolute Gasteiger partial charge is 0.195 e. The molecule has 3 aromatic heterocycles. The Balaban J connectivity index is 0.706. The van der Waals surface area contributed by atoms with Crippen LogP contribution >= 0.6 is 22.7 Å². The number of thiophene rings is 2. The van der Waals surface area contributed by atoms with Crippen molar-refractivity contribution in [1.82, 2.24) is 19.7 Å². The van der Waals surface area contributed by atoms with Gasteiger partial charge in [0.05, 0.1) is 11.8 Å². The molecule has 304 valence electrons. The molecular weight excluding hydrogens is 791 g/mol. The summed E-state index contributed by atoms with van der Waals surface area (Å²) in [6.07, 6.45) is 4.75. The van der Waals surface area contributed by atoms with Crippen LogP contribution in [0, 0.1) is 26.2 Å². The highest BCUT2D eigenvalue weighted by molar-refractivity contribution is 7.22. The first-order valence-corrected chi connectivity index (χ1v) is 22.1. The zero-order valence-electron chi connectivity index (χ0n) is 33.8. The van der Waals surface area contributed by atoms with Crippen molar-refractivity contribution in [2.45, 2.75) is 59.1 Å². The Hall–Kier alpha value is -5.82. The van der Waals surface area contributed by atoms with Crippen molar-refractivity contribution in [1.29, 1.82) is 0 Å². The Labute approximate surface area is 356 Å². The van der Waals surface area contributed by atoms with E-state index in [9.17, 15) is 15.0 Å². The number of piperidine rings is 1. The van der Waals surface area contributed by atoms with Gasteiger partial charge in [0.15, 0.2) is 11.6 Å². The number of aromatic nitrogens is 3. The number of aliphatic imine (C=N–C) groups is 1. The fourth-order valence-corrected chi connectivity index (χ4v) is 11.5. The Morgan fingerprint density at radius 1 is 0.833 bits per heavy atom. The first-order valence-electron chi connectivity index (χ1n) is 20.5. The first kappa shape index (κ1) is 38.4. The van der Waals surface area contributed by atoms with E-state index in [4.69, 9.17) is 14.5 Å². The number of ketones is 1. The maximum absolute atomic E-state index is 14.0. The lowest BCUT2D eigenvalue weighted by molar-refractivity contribution is -0.0562. The number of hydrogen-bond acceptors (Lipinski definition) is 11. The molecule has 1 spiro atoms. The van der Waals surface area contributed by atoms with Gasteiger partial charge in [-0.2, -0.15) is 0 Å². The number of phenols is 2. The standard InChI is InChI=1S/C48H45N5O5S2/c1-28-29(2)59-47-42(28)44(49-27-41-51-50-30(3)53(41)47)31-6-15-37(16-7-31)58-38-25-48(26-38)18-20-52(21-19-48)22-23-57-36-13-8-32(9-14-36)45(56)43-39-17-12-35(55)24-40(39)60-46(43)33-4-10-34(54)11-5-33/h4-17,24,38,54-55H,18-23,25-27H2,1-3H3. The average Bonchev–Trinajstić information content (AvgIpc) is 3.86. The van der Waals surface area contributed by atoms with Crippen LogP contribution in [-0.2, 0) is 6.54 Å². The van der Waals surface area contributed by atoms with Crippen LogP contribution in [-0.4, -0.2) is 73.7 Å². The van der Waals surface area contributed by atoms with Crippen LogP contribution in [0.4, 0.5) is 0 Å². The van der Waals surface area contributed by atoms with Crippen LogP contribution in [0.2, 0.25) is 0 Å². The number of phenolic OH excluding ortho intramolecular Hbond substituents is 2. The molecule has 60 heavy (non-hydrogen) atoms. The molecule has 0 atom stereocenters. The maximum Gasteiger partial charge on any atom is 0.195 e. The van der Waals surface area contributed by atoms with E-state index in [2.05, 4.69) is 57.8 Å². The second-order valence-electron chi connectivity index (χ2n) is 16.4. The van der Waals surface area contributed by atoms with Crippen molar-refractivity contribution in [3.63, 3.8) is 0 Å². The summed E-state index contributed by atoms with van der Waals surface area (Å²) in [6.45, 7) is 10.4. The molecule has 12 heteroatoms. The molecule has 10 rings (SSSR count). The van der Waals surface area contributed by atoms with Crippen LogP contribution in [0.1, 0.15) is 74.8 Å². The Morgan fingerprint density at radius 3 is 2.28 bits per heavy atom. The molecule has 4 aromatic carbocycles. The molecule has 10 nitrogen and oxygen atoms in total. The van der Waals surface area contributed by atoms with Crippen LogP contribution in [0.5, 0.6) is 23.0 Å². The van der Waals surface area contributed by atoms with E-state index in [1.807, 2.05) is 31.2 Å². The number of carbonyl (C=O) groups is 1. The summed E-state index contributed by atoms with van der Waals surface area (Å²) in [6, 6.07) is 27.8. The minimum absolute atomic E-state index is 0.100. The molecular formula is C48H45N5O5S2. The van der Waals surface area contributed by atoms with Crippen molar-refractivity contribution in [3.8, 4) is 38.4 Å². The number of fused-ring (bicyclic) bond motifs is 4. The van der Waals surface area contributed by atoms with Gasteiger partial charge in [-0.1, -0.05) is 0 Å². The molecule has 1 saturated carbocycles. The van der Waals surface area contributed by atoms with E-state index < -0.39 is 0 Å². The normalized spacial score (nSPS) is 16.2. The minimum Gasteiger partial charge on any atom is -0.508 e. The Kier molecular flexibility index (Phi) is 9.81. The lowest BCUT2D eigenvalue weighted by atomic mass is 9.61. The summed E-state index contributed by atoms with van der Waals surface area (Å²) < 4.78 is 15.6. The van der Waals surface area contributed by atoms with E-state index in [0.717, 1.165) is 92.4 Å². The topological polar surface area (TPSA) is 122 Å². The summed E-state index contributed by atoms with van der Waals surface area (Å²) >= 11 is 3.23. The number of ether oxygens (including phenoxy) is 2. The lowest BCUT2D eigenvalue weighted by Gasteiger charge is -2.51. The second kappa shape index (κ2) is 15.3. The van der Waals surface area contributed by atoms with E-state index in [-0.39, 0.29) is 23.4 Å². The number of rotatable bonds is 10. The number of aromatic hydroxyl groups is 2. The SMILES string of the molecule is Cc1sc2c(c1C)C(c1ccc(OC3CC4(CCN(CCOc5ccc(C(=O)c6c(-c7ccc(O)cc7)sc7cc(O)ccc67)cc5)CC4)C3)cc1)=NCc1nnc(C)n1-2. The monoisotopic (exact) mass is 835 g/mol. The molecule has 0 amide bonds. The fraction of sp³-hybridized carbons (Fsp3) is 0.292. The van der Waals surface area contributed by atoms with Gasteiger partial charge in [-0.3, -0.25) is 19.3 Å². The number of aryl methyl sites for hydroxylation is 2. The quantitative estimate of drug-likeness (QED) is 0.131. The van der Waals surface area contributed by atoms with Gasteiger partial charge in [-0.15, -0.1) is 32.9 Å². The van der Waals surface area contributed by atoms with Gasteiger partial charge in [0.1, 0.15) is 47.0 Å². The maximum atomic E-state index is 14.0. The third kappa shape index (κ3) is 7.06. The van der Waals surface area contributed by atoms with Crippen molar-refractivity contribution in [2.24, 2.45) is 10.4 Å². The van der Waals surface area contributed by atoms with Crippen LogP contribution in [0.3, 0.4) is 0 Å². The Morgan fingerprint density at radius 2 is 1.53 bits per heavy atom. The molecule has 2 aliphatic heterocycles. The summed E-state index contributed by atoms with van der Waals surface area (Å²) in [7, 11) is 0. The summed E-state index contributed by atoms with van der Waals surface area (Å²) in [5.41, 5.74) is 6.85. The van der Waals surface area contributed by atoms with Gasteiger partial charge >= 0.3 is 0 Å². The lowest BCUT2D eigenvalue weighted by Crippen LogP contribution is -2.51. The van der Waals surface area contributed by atoms with E-state index in [1.54, 1.807) is 53.8 Å². The van der Waals surface area contributed by atoms with Crippen molar-refractivity contribution in [2.75, 3.05) is 26.2 Å². The van der Waals surface area contributed by atoms with E-state index >= 15 is 0 Å². The molecule has 2 N–H and O–H groups in total. The molecule has 0 radical (unpaired) electrons. The third-order valence-electron chi connectivity index (χ3n) is 12.6. The predicted molar refractivity (Wildman–Crippen MR) is 237 cm³/mol. The Bertz CT molecular complexity index is 2770. The van der Waals surface area contributed by atoms with E-state index in [0.29, 0.717) is 29.7 Å². The van der Waals surface area contributed by atoms with Crippen molar-refractivity contribution < 1.29 is 24.5 Å². The largest absolute Gasteiger partial charge is 0.508 e. The number of nitrogens with zero attached hydrogens (tertiary/aromatic N) is 5. The van der Waals surface area contributed by atoms with Crippen LogP contribution in [0.25, 0.3) is 25.5 Å². The van der Waals surface area contributed by atoms with E-state index in [1.165, 1.54) is 40.2 Å². The highest BCUT2D eigenvalue weighted by atomic mass is 32.1. The van der Waals surface area contributed by atoms with Gasteiger partial charge < -0.3 is 19.7 Å². The molecule has 0 bridgehead atoms. The predicted octanol–water partition coefficient (Wildman–Crippen LogP) is 9.83. The van der Waals surface area contributed by atoms with Gasteiger partial charge in [0.2, 0.25) is 0 Å². The number of likely N-dealkylation sites (tertiary alicyclic amines) is 1. The molecule has 1 saturated heterocycles. The van der Waals surface area contributed by atoms with Crippen LogP contribution in [0.15, 0.2) is 96.0 Å². The molecule has 2 fully saturated rings. The molecule has 3 aliphatic rings. The van der Waals surface area contributed by atoms with Gasteiger partial charge in [-0.25, -0.2) is 0 Å². The summed E-state index contributed by atoms with van der Waals surface area (Å²) in [5, 5.41) is 30.6. The van der Waals surface area contributed by atoms with Crippen molar-refractivity contribution >= 4 is 44.3 Å². The molecule has 7 aromatic rings.